The molecule has 1 rings (SSSR count). The number of hydrogen-bond donors (Lipinski definition) is 1. The molecule has 3 heteroatoms. The standard InChI is InChI=1S/C17H26BrNO/c1-4-15(5-2)16(18)12-19-17(20)10-9-14-8-6-7-13(3)11-14/h6-8,11,15-16H,4-5,9-10,12H2,1-3H3,(H,19,20). The lowest BCUT2D eigenvalue weighted by atomic mass is 9.99. The molecule has 20 heavy (non-hydrogen) atoms. The molecule has 1 N–H and O–H groups in total. The highest BCUT2D eigenvalue weighted by Crippen LogP contribution is 2.19. The molecule has 0 aliphatic rings. The van der Waals surface area contributed by atoms with Crippen LogP contribution in [0, 0.1) is 12.8 Å². The van der Waals surface area contributed by atoms with Crippen LogP contribution in [0.4, 0.5) is 0 Å². The van der Waals surface area contributed by atoms with Gasteiger partial charge in [0, 0.05) is 17.8 Å². The number of carbonyl (C=O) groups is 1. The summed E-state index contributed by atoms with van der Waals surface area (Å²) >= 11 is 3.68. The van der Waals surface area contributed by atoms with Gasteiger partial charge in [-0.15, -0.1) is 0 Å². The van der Waals surface area contributed by atoms with Crippen molar-refractivity contribution in [3.63, 3.8) is 0 Å². The number of hydrogen-bond acceptors (Lipinski definition) is 1. The van der Waals surface area contributed by atoms with Crippen LogP contribution in [0.3, 0.4) is 0 Å². The topological polar surface area (TPSA) is 29.1 Å². The molecule has 0 bridgehead atoms. The van der Waals surface area contributed by atoms with E-state index in [-0.39, 0.29) is 5.91 Å². The van der Waals surface area contributed by atoms with Gasteiger partial charge in [-0.3, -0.25) is 4.79 Å². The zero-order valence-electron chi connectivity index (χ0n) is 12.8. The van der Waals surface area contributed by atoms with Crippen molar-refractivity contribution in [3.05, 3.63) is 35.4 Å². The van der Waals surface area contributed by atoms with Gasteiger partial charge in [0.05, 0.1) is 0 Å². The van der Waals surface area contributed by atoms with E-state index in [1.54, 1.807) is 0 Å². The van der Waals surface area contributed by atoms with E-state index in [1.165, 1.54) is 11.1 Å². The monoisotopic (exact) mass is 339 g/mol. The Bertz CT molecular complexity index is 415. The number of aryl methyl sites for hydroxylation is 2. The first-order chi connectivity index (χ1) is 9.56. The predicted octanol–water partition coefficient (Wildman–Crippen LogP) is 4.24. The fourth-order valence-electron chi connectivity index (χ4n) is 2.39. The van der Waals surface area contributed by atoms with Crippen molar-refractivity contribution in [1.29, 1.82) is 0 Å². The lowest BCUT2D eigenvalue weighted by molar-refractivity contribution is -0.121. The molecule has 1 aromatic rings. The van der Waals surface area contributed by atoms with Gasteiger partial charge in [-0.2, -0.15) is 0 Å². The van der Waals surface area contributed by atoms with E-state index >= 15 is 0 Å². The first-order valence-electron chi connectivity index (χ1n) is 7.53. The van der Waals surface area contributed by atoms with Gasteiger partial charge in [-0.25, -0.2) is 0 Å². The number of rotatable bonds is 8. The summed E-state index contributed by atoms with van der Waals surface area (Å²) in [5.41, 5.74) is 2.48. The third-order valence-corrected chi connectivity index (χ3v) is 4.85. The lowest BCUT2D eigenvalue weighted by Gasteiger charge is -2.19. The molecule has 0 aliphatic carbocycles. The molecule has 0 saturated heterocycles. The molecule has 0 heterocycles. The zero-order valence-corrected chi connectivity index (χ0v) is 14.4. The molecule has 0 radical (unpaired) electrons. The van der Waals surface area contributed by atoms with Crippen LogP contribution in [-0.4, -0.2) is 17.3 Å². The maximum atomic E-state index is 11.9. The van der Waals surface area contributed by atoms with Crippen LogP contribution in [0.25, 0.3) is 0 Å². The number of alkyl halides is 1. The van der Waals surface area contributed by atoms with E-state index in [2.05, 4.69) is 60.2 Å². The summed E-state index contributed by atoms with van der Waals surface area (Å²) in [6.45, 7) is 7.19. The van der Waals surface area contributed by atoms with Crippen LogP contribution in [-0.2, 0) is 11.2 Å². The number of carbonyl (C=O) groups excluding carboxylic acids is 1. The summed E-state index contributed by atoms with van der Waals surface area (Å²) in [6.07, 6.45) is 3.66. The number of benzene rings is 1. The van der Waals surface area contributed by atoms with Crippen LogP contribution < -0.4 is 5.32 Å². The van der Waals surface area contributed by atoms with Crippen LogP contribution in [0.2, 0.25) is 0 Å². The zero-order chi connectivity index (χ0) is 15.0. The molecule has 0 fully saturated rings. The molecule has 1 aromatic carbocycles. The van der Waals surface area contributed by atoms with E-state index in [9.17, 15) is 4.79 Å². The van der Waals surface area contributed by atoms with Crippen molar-refractivity contribution < 1.29 is 4.79 Å². The minimum Gasteiger partial charge on any atom is -0.355 e. The van der Waals surface area contributed by atoms with E-state index in [0.29, 0.717) is 17.2 Å². The minimum atomic E-state index is 0.141. The molecule has 1 amide bonds. The first kappa shape index (κ1) is 17.2. The Morgan fingerprint density at radius 3 is 2.60 bits per heavy atom. The van der Waals surface area contributed by atoms with Crippen molar-refractivity contribution in [1.82, 2.24) is 5.32 Å². The fraction of sp³-hybridized carbons (Fsp3) is 0.588. The molecule has 1 atom stereocenters. The third-order valence-electron chi connectivity index (χ3n) is 3.78. The number of halogens is 1. The average molecular weight is 340 g/mol. The van der Waals surface area contributed by atoms with Crippen LogP contribution in [0.15, 0.2) is 24.3 Å². The molecule has 1 unspecified atom stereocenters. The summed E-state index contributed by atoms with van der Waals surface area (Å²) in [6, 6.07) is 8.35. The van der Waals surface area contributed by atoms with E-state index in [0.717, 1.165) is 25.8 Å². The van der Waals surface area contributed by atoms with E-state index < -0.39 is 0 Å². The summed E-state index contributed by atoms with van der Waals surface area (Å²) in [5.74, 6) is 0.772. The molecule has 0 saturated carbocycles. The largest absolute Gasteiger partial charge is 0.355 e. The van der Waals surface area contributed by atoms with E-state index in [1.807, 2.05) is 6.07 Å². The van der Waals surface area contributed by atoms with Crippen molar-refractivity contribution in [2.75, 3.05) is 6.54 Å². The highest BCUT2D eigenvalue weighted by atomic mass is 79.9. The van der Waals surface area contributed by atoms with Gasteiger partial charge < -0.3 is 5.32 Å². The van der Waals surface area contributed by atoms with Crippen molar-refractivity contribution in [3.8, 4) is 0 Å². The van der Waals surface area contributed by atoms with Crippen molar-refractivity contribution >= 4 is 21.8 Å². The Morgan fingerprint density at radius 1 is 1.30 bits per heavy atom. The number of amides is 1. The van der Waals surface area contributed by atoms with Crippen LogP contribution >= 0.6 is 15.9 Å². The fourth-order valence-corrected chi connectivity index (χ4v) is 3.30. The van der Waals surface area contributed by atoms with Gasteiger partial charge in [0.25, 0.3) is 0 Å². The SMILES string of the molecule is CCC(CC)C(Br)CNC(=O)CCc1cccc(C)c1. The average Bonchev–Trinajstić information content (AvgIpc) is 2.44. The van der Waals surface area contributed by atoms with Gasteiger partial charge in [0.2, 0.25) is 5.91 Å². The molecular formula is C17H26BrNO. The second kappa shape index (κ2) is 9.17. The van der Waals surface area contributed by atoms with Crippen LogP contribution in [0.1, 0.15) is 44.2 Å². The maximum Gasteiger partial charge on any atom is 0.220 e. The summed E-state index contributed by atoms with van der Waals surface area (Å²) < 4.78 is 0. The highest BCUT2D eigenvalue weighted by molar-refractivity contribution is 9.09. The lowest BCUT2D eigenvalue weighted by Crippen LogP contribution is -2.33. The minimum absolute atomic E-state index is 0.141. The molecular weight excluding hydrogens is 314 g/mol. The predicted molar refractivity (Wildman–Crippen MR) is 89.3 cm³/mol. The molecule has 0 aromatic heterocycles. The summed E-state index contributed by atoms with van der Waals surface area (Å²) in [5, 5.41) is 3.03. The second-order valence-corrected chi connectivity index (χ2v) is 6.56. The molecule has 0 aliphatic heterocycles. The molecule has 0 spiro atoms. The Hall–Kier alpha value is -0.830. The van der Waals surface area contributed by atoms with Gasteiger partial charge in [-0.1, -0.05) is 72.4 Å². The Kier molecular flexibility index (Phi) is 7.90. The van der Waals surface area contributed by atoms with Crippen LogP contribution in [0.5, 0.6) is 0 Å². The number of nitrogens with one attached hydrogen (secondary N) is 1. The maximum absolute atomic E-state index is 11.9. The Labute approximate surface area is 131 Å². The normalized spacial score (nSPS) is 12.4. The van der Waals surface area contributed by atoms with Gasteiger partial charge >= 0.3 is 0 Å². The molecule has 2 nitrogen and oxygen atoms in total. The third kappa shape index (κ3) is 6.08. The summed E-state index contributed by atoms with van der Waals surface area (Å²) in [4.78, 5) is 12.2. The quantitative estimate of drug-likeness (QED) is 0.705. The highest BCUT2D eigenvalue weighted by Gasteiger charge is 2.15. The van der Waals surface area contributed by atoms with Gasteiger partial charge in [-0.05, 0) is 24.8 Å². The summed E-state index contributed by atoms with van der Waals surface area (Å²) in [7, 11) is 0. The Balaban J connectivity index is 2.30. The Morgan fingerprint density at radius 2 is 2.00 bits per heavy atom. The van der Waals surface area contributed by atoms with E-state index in [4.69, 9.17) is 0 Å². The van der Waals surface area contributed by atoms with Crippen molar-refractivity contribution in [2.45, 2.75) is 51.3 Å². The smallest absolute Gasteiger partial charge is 0.220 e. The second-order valence-electron chi connectivity index (χ2n) is 5.39. The van der Waals surface area contributed by atoms with Gasteiger partial charge in [0.1, 0.15) is 0 Å². The first-order valence-corrected chi connectivity index (χ1v) is 8.44. The van der Waals surface area contributed by atoms with Gasteiger partial charge in [0.15, 0.2) is 0 Å². The molecule has 112 valence electrons. The van der Waals surface area contributed by atoms with Crippen molar-refractivity contribution in [2.24, 2.45) is 5.92 Å².